The molecule has 5 rings (SSSR count). The van der Waals surface area contributed by atoms with Gasteiger partial charge in [0.15, 0.2) is 5.76 Å². The highest BCUT2D eigenvalue weighted by Gasteiger charge is 2.45. The van der Waals surface area contributed by atoms with Crippen molar-refractivity contribution in [2.45, 2.75) is 75.6 Å². The molecular formula is C32H38O15. The highest BCUT2D eigenvalue weighted by molar-refractivity contribution is 5.91. The van der Waals surface area contributed by atoms with Crippen molar-refractivity contribution in [2.75, 3.05) is 20.3 Å². The summed E-state index contributed by atoms with van der Waals surface area (Å²) in [6.07, 6.45) is -12.6. The number of phenols is 1. The predicted octanol–water partition coefficient (Wildman–Crippen LogP) is -0.321. The molecule has 8 N–H and O–H groups in total. The molecule has 0 radical (unpaired) electrons. The number of fused-ring (bicyclic) bond motifs is 1. The molecule has 3 heterocycles. The molecule has 9 unspecified atom stereocenters. The van der Waals surface area contributed by atoms with Crippen molar-refractivity contribution in [1.29, 1.82) is 0 Å². The van der Waals surface area contributed by atoms with Crippen LogP contribution in [0.1, 0.15) is 19.4 Å². The zero-order valence-electron chi connectivity index (χ0n) is 25.7. The summed E-state index contributed by atoms with van der Waals surface area (Å²) in [5.41, 5.74) is 0.349. The smallest absolute Gasteiger partial charge is 0.239 e. The Morgan fingerprint density at radius 2 is 1.62 bits per heavy atom. The van der Waals surface area contributed by atoms with Crippen molar-refractivity contribution < 1.29 is 69.0 Å². The van der Waals surface area contributed by atoms with Gasteiger partial charge in [0, 0.05) is 17.2 Å². The first-order valence-electron chi connectivity index (χ1n) is 14.8. The van der Waals surface area contributed by atoms with Crippen molar-refractivity contribution in [3.8, 4) is 34.3 Å². The van der Waals surface area contributed by atoms with Crippen LogP contribution in [0.25, 0.3) is 22.3 Å². The Morgan fingerprint density at radius 1 is 0.936 bits per heavy atom. The number of ether oxygens (including phenoxy) is 5. The van der Waals surface area contributed by atoms with Gasteiger partial charge in [0.25, 0.3) is 0 Å². The first-order chi connectivity index (χ1) is 22.4. The van der Waals surface area contributed by atoms with Crippen LogP contribution < -0.4 is 19.6 Å². The lowest BCUT2D eigenvalue weighted by Crippen LogP contribution is -2.60. The molecule has 2 aliphatic heterocycles. The Bertz CT molecular complexity index is 1650. The first-order valence-corrected chi connectivity index (χ1v) is 14.8. The number of hydrogen-bond donors (Lipinski definition) is 8. The number of methoxy groups -OCH3 is 1. The summed E-state index contributed by atoms with van der Waals surface area (Å²) in [6, 6.07) is 7.40. The molecule has 2 aliphatic rings. The summed E-state index contributed by atoms with van der Waals surface area (Å²) < 4.78 is 34.2. The van der Waals surface area contributed by atoms with Gasteiger partial charge < -0.3 is 69.0 Å². The molecule has 0 bridgehead atoms. The van der Waals surface area contributed by atoms with E-state index in [-0.39, 0.29) is 34.5 Å². The summed E-state index contributed by atoms with van der Waals surface area (Å²) >= 11 is 0. The van der Waals surface area contributed by atoms with Crippen molar-refractivity contribution >= 4 is 11.0 Å². The summed E-state index contributed by atoms with van der Waals surface area (Å²) in [6.45, 7) is 2.55. The maximum absolute atomic E-state index is 14.2. The van der Waals surface area contributed by atoms with Crippen LogP contribution in [-0.2, 0) is 15.9 Å². The van der Waals surface area contributed by atoms with Gasteiger partial charge in [-0.3, -0.25) is 4.79 Å². The van der Waals surface area contributed by atoms with Crippen LogP contribution in [-0.4, -0.2) is 116 Å². The molecule has 2 fully saturated rings. The molecule has 0 aliphatic carbocycles. The Morgan fingerprint density at radius 3 is 2.26 bits per heavy atom. The molecule has 0 spiro atoms. The average Bonchev–Trinajstić information content (AvgIpc) is 3.05. The molecule has 2 aromatic carbocycles. The number of aromatic hydroxyl groups is 1. The van der Waals surface area contributed by atoms with Crippen LogP contribution in [0.15, 0.2) is 51.2 Å². The summed E-state index contributed by atoms with van der Waals surface area (Å²) in [4.78, 5) is 14.2. The molecule has 256 valence electrons. The minimum Gasteiger partial charge on any atom is -0.507 e. The normalized spacial score (nSPS) is 29.4. The van der Waals surface area contributed by atoms with Gasteiger partial charge in [0.2, 0.25) is 23.8 Å². The van der Waals surface area contributed by atoms with Gasteiger partial charge in [-0.15, -0.1) is 0 Å². The number of benzene rings is 2. The third-order valence-corrected chi connectivity index (χ3v) is 8.01. The van der Waals surface area contributed by atoms with Gasteiger partial charge in [-0.1, -0.05) is 11.6 Å². The highest BCUT2D eigenvalue weighted by atomic mass is 16.7. The van der Waals surface area contributed by atoms with Crippen LogP contribution in [0.2, 0.25) is 0 Å². The van der Waals surface area contributed by atoms with Crippen LogP contribution in [0.4, 0.5) is 0 Å². The van der Waals surface area contributed by atoms with E-state index in [4.69, 9.17) is 28.1 Å². The maximum atomic E-state index is 14.2. The topological polar surface area (TPSA) is 238 Å². The number of allylic oxidation sites excluding steroid dienone is 2. The van der Waals surface area contributed by atoms with E-state index in [2.05, 4.69) is 0 Å². The fourth-order valence-corrected chi connectivity index (χ4v) is 5.29. The standard InChI is InChI=1S/C32H38O15/c1-13(2)4-9-16-19(44-32-27(41)25(39)23(37)20(11-33)45-32)10-17(34)21-24(38)30(47-31-26(40)22(36)18(35)12-43-31)28(46-29(16)21)14-5-7-15(42-3)8-6-14/h4-8,10,18,20,22-23,25-27,31-37,39-41H,9,11-12H2,1-3H3. The van der Waals surface area contributed by atoms with Gasteiger partial charge in [-0.05, 0) is 44.5 Å². The molecule has 0 amide bonds. The zero-order valence-corrected chi connectivity index (χ0v) is 25.7. The van der Waals surface area contributed by atoms with E-state index in [1.807, 2.05) is 13.8 Å². The second-order valence-electron chi connectivity index (χ2n) is 11.6. The van der Waals surface area contributed by atoms with Crippen LogP contribution in [0.3, 0.4) is 0 Å². The van der Waals surface area contributed by atoms with Crippen molar-refractivity contribution in [3.63, 3.8) is 0 Å². The summed E-state index contributed by atoms with van der Waals surface area (Å²) in [5.74, 6) is -0.913. The van der Waals surface area contributed by atoms with Gasteiger partial charge >= 0.3 is 0 Å². The number of aliphatic hydroxyl groups excluding tert-OH is 7. The van der Waals surface area contributed by atoms with E-state index < -0.39 is 85.4 Å². The lowest BCUT2D eigenvalue weighted by atomic mass is 9.99. The molecule has 15 heteroatoms. The molecular weight excluding hydrogens is 624 g/mol. The van der Waals surface area contributed by atoms with Gasteiger partial charge in [0.1, 0.15) is 70.9 Å². The molecule has 0 saturated carbocycles. The van der Waals surface area contributed by atoms with Crippen molar-refractivity contribution in [2.24, 2.45) is 0 Å². The Balaban J connectivity index is 1.71. The zero-order chi connectivity index (χ0) is 34.2. The van der Waals surface area contributed by atoms with Crippen molar-refractivity contribution in [3.05, 3.63) is 57.8 Å². The molecule has 15 nitrogen and oxygen atoms in total. The van der Waals surface area contributed by atoms with E-state index in [0.29, 0.717) is 11.3 Å². The summed E-state index contributed by atoms with van der Waals surface area (Å²) in [5, 5.41) is 82.2. The van der Waals surface area contributed by atoms with E-state index in [0.717, 1.165) is 11.6 Å². The Hall–Kier alpha value is -3.77. The molecule has 3 aromatic rings. The largest absolute Gasteiger partial charge is 0.507 e. The van der Waals surface area contributed by atoms with E-state index >= 15 is 0 Å². The van der Waals surface area contributed by atoms with Crippen LogP contribution in [0.5, 0.6) is 23.0 Å². The van der Waals surface area contributed by atoms with Gasteiger partial charge in [0.05, 0.1) is 20.3 Å². The number of aliphatic hydroxyl groups is 7. The quantitative estimate of drug-likeness (QED) is 0.137. The Labute approximate surface area is 268 Å². The monoisotopic (exact) mass is 662 g/mol. The molecule has 1 aromatic heterocycles. The van der Waals surface area contributed by atoms with Crippen LogP contribution in [0, 0.1) is 0 Å². The second-order valence-corrected chi connectivity index (χ2v) is 11.6. The predicted molar refractivity (Wildman–Crippen MR) is 162 cm³/mol. The number of hydrogen-bond acceptors (Lipinski definition) is 15. The third kappa shape index (κ3) is 6.80. The van der Waals surface area contributed by atoms with Crippen LogP contribution >= 0.6 is 0 Å². The maximum Gasteiger partial charge on any atom is 0.239 e. The second kappa shape index (κ2) is 14.1. The first kappa shape index (κ1) is 34.6. The fraction of sp³-hybridized carbons (Fsp3) is 0.469. The fourth-order valence-electron chi connectivity index (χ4n) is 5.29. The van der Waals surface area contributed by atoms with E-state index in [1.54, 1.807) is 30.3 Å². The van der Waals surface area contributed by atoms with Crippen molar-refractivity contribution in [1.82, 2.24) is 0 Å². The van der Waals surface area contributed by atoms with E-state index in [1.165, 1.54) is 7.11 Å². The minimum atomic E-state index is -1.77. The number of rotatable bonds is 9. The number of phenolic OH excluding ortho intramolecular Hbond substituents is 1. The van der Waals surface area contributed by atoms with E-state index in [9.17, 15) is 45.6 Å². The lowest BCUT2D eigenvalue weighted by molar-refractivity contribution is -0.277. The molecule has 2 saturated heterocycles. The molecule has 47 heavy (non-hydrogen) atoms. The SMILES string of the molecule is COc1ccc(-c2oc3c(CC=C(C)C)c(OC4OC(CO)C(O)C(O)C4O)cc(O)c3c(=O)c2OC2OCC(O)C(O)C2O)cc1. The Kier molecular flexibility index (Phi) is 10.4. The average molecular weight is 663 g/mol. The minimum absolute atomic E-state index is 0.0750. The molecule has 9 atom stereocenters. The highest BCUT2D eigenvalue weighted by Crippen LogP contribution is 2.41. The van der Waals surface area contributed by atoms with Gasteiger partial charge in [-0.2, -0.15) is 0 Å². The third-order valence-electron chi connectivity index (χ3n) is 8.01. The summed E-state index contributed by atoms with van der Waals surface area (Å²) in [7, 11) is 1.47. The van der Waals surface area contributed by atoms with Gasteiger partial charge in [-0.25, -0.2) is 0 Å². The lowest BCUT2D eigenvalue weighted by Gasteiger charge is -2.39.